The molecule has 3 N–H and O–H groups in total. The number of nitrogens with two attached hydrogens (primary N) is 1. The molecule has 2 rings (SSSR count). The molecule has 0 unspecified atom stereocenters. The molecule has 0 aliphatic carbocycles. The second kappa shape index (κ2) is 6.20. The summed E-state index contributed by atoms with van der Waals surface area (Å²) < 4.78 is 0. The minimum atomic E-state index is -0.810. The molecule has 2 aromatic rings. The summed E-state index contributed by atoms with van der Waals surface area (Å²) in [7, 11) is 0. The van der Waals surface area contributed by atoms with E-state index in [0.29, 0.717) is 10.7 Å². The van der Waals surface area contributed by atoms with E-state index in [9.17, 15) is 9.59 Å². The fraction of sp³-hybridized carbons (Fsp3) is 0.176. The standard InChI is InChI=1S/C17H17ClN2O2/c1-17(2,11-6-5-7-12(18)10-11)16(22)20-14-9-4-3-8-13(14)15(19)21/h3-10H,1-2H3,(H2,19,21)(H,20,22). The van der Waals surface area contributed by atoms with Crippen LogP contribution in [0.1, 0.15) is 29.8 Å². The van der Waals surface area contributed by atoms with Gasteiger partial charge in [-0.15, -0.1) is 0 Å². The topological polar surface area (TPSA) is 72.2 Å². The molecule has 0 atom stereocenters. The quantitative estimate of drug-likeness (QED) is 0.907. The van der Waals surface area contributed by atoms with Crippen molar-refractivity contribution in [3.05, 3.63) is 64.7 Å². The first-order chi connectivity index (χ1) is 10.3. The highest BCUT2D eigenvalue weighted by molar-refractivity contribution is 6.30. The highest BCUT2D eigenvalue weighted by Crippen LogP contribution is 2.28. The van der Waals surface area contributed by atoms with E-state index in [0.717, 1.165) is 5.56 Å². The Kier molecular flexibility index (Phi) is 4.52. The van der Waals surface area contributed by atoms with Crippen molar-refractivity contribution < 1.29 is 9.59 Å². The second-order valence-electron chi connectivity index (χ2n) is 5.50. The average Bonchev–Trinajstić information content (AvgIpc) is 2.47. The first-order valence-corrected chi connectivity index (χ1v) is 7.16. The fourth-order valence-corrected chi connectivity index (χ4v) is 2.28. The third-order valence-corrected chi connectivity index (χ3v) is 3.79. The molecule has 0 radical (unpaired) electrons. The van der Waals surface area contributed by atoms with Crippen LogP contribution in [0.4, 0.5) is 5.69 Å². The molecule has 0 heterocycles. The van der Waals surface area contributed by atoms with Crippen LogP contribution in [0.2, 0.25) is 5.02 Å². The van der Waals surface area contributed by atoms with E-state index < -0.39 is 11.3 Å². The van der Waals surface area contributed by atoms with E-state index in [1.54, 1.807) is 56.3 Å². The van der Waals surface area contributed by atoms with Crippen molar-refractivity contribution in [2.45, 2.75) is 19.3 Å². The maximum Gasteiger partial charge on any atom is 0.250 e. The van der Waals surface area contributed by atoms with E-state index in [1.165, 1.54) is 0 Å². The van der Waals surface area contributed by atoms with Crippen LogP contribution in [0, 0.1) is 0 Å². The third kappa shape index (κ3) is 3.28. The fourth-order valence-electron chi connectivity index (χ4n) is 2.09. The summed E-state index contributed by atoms with van der Waals surface area (Å²) in [4.78, 5) is 24.0. The zero-order valence-electron chi connectivity index (χ0n) is 12.4. The molecule has 2 aromatic carbocycles. The summed E-state index contributed by atoms with van der Waals surface area (Å²) in [5, 5.41) is 3.33. The number of para-hydroxylation sites is 1. The highest BCUT2D eigenvalue weighted by Gasteiger charge is 2.30. The van der Waals surface area contributed by atoms with Crippen LogP contribution in [-0.4, -0.2) is 11.8 Å². The van der Waals surface area contributed by atoms with Gasteiger partial charge in [-0.05, 0) is 43.7 Å². The van der Waals surface area contributed by atoms with Gasteiger partial charge >= 0.3 is 0 Å². The van der Waals surface area contributed by atoms with Gasteiger partial charge in [-0.1, -0.05) is 35.9 Å². The predicted molar refractivity (Wildman–Crippen MR) is 88.1 cm³/mol. The zero-order valence-corrected chi connectivity index (χ0v) is 13.1. The van der Waals surface area contributed by atoms with Gasteiger partial charge in [-0.2, -0.15) is 0 Å². The molecule has 0 fully saturated rings. The average molecular weight is 317 g/mol. The van der Waals surface area contributed by atoms with E-state index >= 15 is 0 Å². The molecule has 4 nitrogen and oxygen atoms in total. The number of primary amides is 1. The molecular formula is C17H17ClN2O2. The first kappa shape index (κ1) is 16.0. The highest BCUT2D eigenvalue weighted by atomic mass is 35.5. The summed E-state index contributed by atoms with van der Waals surface area (Å²) in [5.41, 5.74) is 5.97. The number of halogens is 1. The predicted octanol–water partition coefficient (Wildman–Crippen LogP) is 3.36. The summed E-state index contributed by atoms with van der Waals surface area (Å²) in [6.07, 6.45) is 0. The molecule has 22 heavy (non-hydrogen) atoms. The zero-order chi connectivity index (χ0) is 16.3. The minimum absolute atomic E-state index is 0.247. The number of hydrogen-bond acceptors (Lipinski definition) is 2. The van der Waals surface area contributed by atoms with E-state index in [-0.39, 0.29) is 11.5 Å². The summed E-state index contributed by atoms with van der Waals surface area (Å²) in [6, 6.07) is 13.8. The van der Waals surface area contributed by atoms with Crippen LogP contribution in [0.25, 0.3) is 0 Å². The van der Waals surface area contributed by atoms with Crippen molar-refractivity contribution >= 4 is 29.1 Å². The number of hydrogen-bond donors (Lipinski definition) is 2. The molecule has 0 bridgehead atoms. The lowest BCUT2D eigenvalue weighted by Gasteiger charge is -2.25. The largest absolute Gasteiger partial charge is 0.366 e. The summed E-state index contributed by atoms with van der Waals surface area (Å²) >= 11 is 5.99. The normalized spacial score (nSPS) is 11.0. The number of anilines is 1. The monoisotopic (exact) mass is 316 g/mol. The molecular weight excluding hydrogens is 300 g/mol. The first-order valence-electron chi connectivity index (χ1n) is 6.78. The van der Waals surface area contributed by atoms with Gasteiger partial charge in [0, 0.05) is 5.02 Å². The summed E-state index contributed by atoms with van der Waals surface area (Å²) in [5.74, 6) is -0.833. The SMILES string of the molecule is CC(C)(C(=O)Nc1ccccc1C(N)=O)c1cccc(Cl)c1. The number of rotatable bonds is 4. The molecule has 0 aliphatic heterocycles. The molecule has 0 spiro atoms. The smallest absolute Gasteiger partial charge is 0.250 e. The Labute approximate surface area is 134 Å². The van der Waals surface area contributed by atoms with Crippen LogP contribution in [0.5, 0.6) is 0 Å². The maximum absolute atomic E-state index is 12.6. The molecule has 0 saturated heterocycles. The number of benzene rings is 2. The van der Waals surface area contributed by atoms with Gasteiger partial charge in [0.05, 0.1) is 16.7 Å². The molecule has 0 aromatic heterocycles. The lowest BCUT2D eigenvalue weighted by molar-refractivity contribution is -0.120. The Morgan fingerprint density at radius 2 is 1.77 bits per heavy atom. The van der Waals surface area contributed by atoms with Gasteiger partial charge in [0.1, 0.15) is 0 Å². The summed E-state index contributed by atoms with van der Waals surface area (Å²) in [6.45, 7) is 3.59. The number of amides is 2. The maximum atomic E-state index is 12.6. The van der Waals surface area contributed by atoms with Gasteiger partial charge < -0.3 is 11.1 Å². The van der Waals surface area contributed by atoms with Crippen molar-refractivity contribution in [1.82, 2.24) is 0 Å². The number of carbonyl (C=O) groups excluding carboxylic acids is 2. The van der Waals surface area contributed by atoms with Crippen molar-refractivity contribution in [2.24, 2.45) is 5.73 Å². The van der Waals surface area contributed by atoms with Crippen LogP contribution in [0.3, 0.4) is 0 Å². The van der Waals surface area contributed by atoms with Crippen molar-refractivity contribution in [3.63, 3.8) is 0 Å². The van der Waals surface area contributed by atoms with Crippen LogP contribution in [-0.2, 0) is 10.2 Å². The molecule has 2 amide bonds. The van der Waals surface area contributed by atoms with Crippen molar-refractivity contribution in [3.8, 4) is 0 Å². The van der Waals surface area contributed by atoms with E-state index in [1.807, 2.05) is 6.07 Å². The molecule has 114 valence electrons. The molecule has 0 aliphatic rings. The number of carbonyl (C=O) groups is 2. The Morgan fingerprint density at radius 1 is 1.09 bits per heavy atom. The minimum Gasteiger partial charge on any atom is -0.366 e. The lowest BCUT2D eigenvalue weighted by atomic mass is 9.83. The number of nitrogens with one attached hydrogen (secondary N) is 1. The van der Waals surface area contributed by atoms with E-state index in [2.05, 4.69) is 5.32 Å². The van der Waals surface area contributed by atoms with Crippen molar-refractivity contribution in [2.75, 3.05) is 5.32 Å². The van der Waals surface area contributed by atoms with Gasteiger partial charge in [0.2, 0.25) is 5.91 Å². The van der Waals surface area contributed by atoms with Crippen molar-refractivity contribution in [1.29, 1.82) is 0 Å². The Balaban J connectivity index is 2.31. The Hall–Kier alpha value is -2.33. The Morgan fingerprint density at radius 3 is 2.41 bits per heavy atom. The molecule has 0 saturated carbocycles. The van der Waals surface area contributed by atoms with Gasteiger partial charge in [-0.25, -0.2) is 0 Å². The lowest BCUT2D eigenvalue weighted by Crippen LogP contribution is -2.35. The third-order valence-electron chi connectivity index (χ3n) is 3.55. The van der Waals surface area contributed by atoms with Crippen LogP contribution in [0.15, 0.2) is 48.5 Å². The molecule has 5 heteroatoms. The Bertz CT molecular complexity index is 726. The van der Waals surface area contributed by atoms with Crippen LogP contribution >= 0.6 is 11.6 Å². The van der Waals surface area contributed by atoms with Crippen LogP contribution < -0.4 is 11.1 Å². The van der Waals surface area contributed by atoms with Gasteiger partial charge in [-0.3, -0.25) is 9.59 Å². The second-order valence-corrected chi connectivity index (χ2v) is 5.94. The van der Waals surface area contributed by atoms with E-state index in [4.69, 9.17) is 17.3 Å². The van der Waals surface area contributed by atoms with Gasteiger partial charge in [0.25, 0.3) is 5.91 Å². The van der Waals surface area contributed by atoms with Gasteiger partial charge in [0.15, 0.2) is 0 Å².